The van der Waals surface area contributed by atoms with Gasteiger partial charge >= 0.3 is 6.18 Å². The normalized spacial score (nSPS) is 12.5. The number of nitrogens with zero attached hydrogens (tertiary/aromatic N) is 3. The largest absolute Gasteiger partial charge is 0.491 e. The molecule has 2 aromatic heterocycles. The lowest BCUT2D eigenvalue weighted by Crippen LogP contribution is -2.28. The summed E-state index contributed by atoms with van der Waals surface area (Å²) in [5.74, 6) is 0.503. The number of rotatable bonds is 7. The molecule has 0 saturated carbocycles. The first-order chi connectivity index (χ1) is 14.6. The number of aryl methyl sites for hydroxylation is 1. The molecule has 164 valence electrons. The molecule has 3 aromatic rings. The highest BCUT2D eigenvalue weighted by molar-refractivity contribution is 6.32. The summed E-state index contributed by atoms with van der Waals surface area (Å²) >= 11 is 6.07. The van der Waals surface area contributed by atoms with E-state index in [1.54, 1.807) is 6.07 Å². The van der Waals surface area contributed by atoms with Crippen LogP contribution in [0.1, 0.15) is 11.1 Å². The van der Waals surface area contributed by atoms with Crippen molar-refractivity contribution in [3.05, 3.63) is 75.3 Å². The highest BCUT2D eigenvalue weighted by Crippen LogP contribution is 2.28. The molecule has 0 saturated heterocycles. The van der Waals surface area contributed by atoms with Crippen molar-refractivity contribution < 1.29 is 23.0 Å². The molecule has 0 aliphatic carbocycles. The lowest BCUT2D eigenvalue weighted by molar-refractivity contribution is -0.137. The molecule has 3 rings (SSSR count). The van der Waals surface area contributed by atoms with E-state index in [0.717, 1.165) is 22.4 Å². The van der Waals surface area contributed by atoms with Crippen LogP contribution in [0, 0.1) is 6.92 Å². The van der Waals surface area contributed by atoms with Gasteiger partial charge in [-0.2, -0.15) is 23.0 Å². The number of halogens is 4. The molecule has 0 amide bonds. The Morgan fingerprint density at radius 3 is 2.68 bits per heavy atom. The lowest BCUT2D eigenvalue weighted by Gasteiger charge is -2.15. The Bertz CT molecular complexity index is 1100. The maximum Gasteiger partial charge on any atom is 0.417 e. The molecule has 1 atom stereocenters. The number of pyridine rings is 1. The molecular weight excluding hydrogens is 437 g/mol. The smallest absolute Gasteiger partial charge is 0.417 e. The van der Waals surface area contributed by atoms with Gasteiger partial charge in [-0.3, -0.25) is 4.79 Å². The minimum absolute atomic E-state index is 0.00798. The summed E-state index contributed by atoms with van der Waals surface area (Å²) in [6.45, 7) is 1.95. The number of ether oxygens (including phenoxy) is 1. The summed E-state index contributed by atoms with van der Waals surface area (Å²) in [5.41, 5.74) is -0.546. The summed E-state index contributed by atoms with van der Waals surface area (Å²) in [6, 6.07) is 9.16. The number of aromatic nitrogens is 3. The van der Waals surface area contributed by atoms with Gasteiger partial charge < -0.3 is 15.2 Å². The van der Waals surface area contributed by atoms with E-state index < -0.39 is 23.4 Å². The fraction of sp³-hybridized carbons (Fsp3) is 0.250. The highest BCUT2D eigenvalue weighted by Gasteiger charge is 2.30. The van der Waals surface area contributed by atoms with Crippen molar-refractivity contribution in [1.82, 2.24) is 14.8 Å². The minimum Gasteiger partial charge on any atom is -0.491 e. The molecule has 0 spiro atoms. The zero-order valence-corrected chi connectivity index (χ0v) is 17.0. The molecule has 0 aliphatic heterocycles. The Balaban J connectivity index is 1.64. The van der Waals surface area contributed by atoms with Crippen molar-refractivity contribution in [3.8, 4) is 11.6 Å². The van der Waals surface area contributed by atoms with E-state index in [1.165, 1.54) is 6.20 Å². The van der Waals surface area contributed by atoms with E-state index in [2.05, 4.69) is 15.4 Å². The second-order valence-electron chi connectivity index (χ2n) is 6.65. The van der Waals surface area contributed by atoms with Crippen LogP contribution in [-0.4, -0.2) is 39.1 Å². The number of hydrogen-bond acceptors (Lipinski definition) is 6. The molecule has 0 fully saturated rings. The number of nitrogens with one attached hydrogen (secondary N) is 1. The molecule has 31 heavy (non-hydrogen) atoms. The summed E-state index contributed by atoms with van der Waals surface area (Å²) in [6.07, 6.45) is -3.62. The van der Waals surface area contributed by atoms with Crippen LogP contribution in [0.5, 0.6) is 5.75 Å². The molecule has 0 bridgehead atoms. The third-order valence-corrected chi connectivity index (χ3v) is 4.54. The number of anilines is 1. The second kappa shape index (κ2) is 9.36. The van der Waals surface area contributed by atoms with Crippen LogP contribution >= 0.6 is 11.6 Å². The van der Waals surface area contributed by atoms with Crippen molar-refractivity contribution in [1.29, 1.82) is 0 Å². The van der Waals surface area contributed by atoms with Gasteiger partial charge in [0.1, 0.15) is 23.5 Å². The average Bonchev–Trinajstić information content (AvgIpc) is 2.73. The van der Waals surface area contributed by atoms with Crippen LogP contribution in [0.3, 0.4) is 0 Å². The van der Waals surface area contributed by atoms with Gasteiger partial charge in [-0.15, -0.1) is 0 Å². The summed E-state index contributed by atoms with van der Waals surface area (Å²) in [5, 5.41) is 16.5. The van der Waals surface area contributed by atoms with E-state index in [9.17, 15) is 23.1 Å². The minimum atomic E-state index is -4.54. The molecule has 11 heteroatoms. The Hall–Kier alpha value is -3.11. The molecule has 1 unspecified atom stereocenters. The Kier molecular flexibility index (Phi) is 6.81. The zero-order chi connectivity index (χ0) is 22.6. The number of benzene rings is 1. The van der Waals surface area contributed by atoms with Gasteiger partial charge in [-0.25, -0.2) is 4.98 Å². The van der Waals surface area contributed by atoms with Crippen molar-refractivity contribution in [3.63, 3.8) is 0 Å². The van der Waals surface area contributed by atoms with Crippen molar-refractivity contribution in [2.24, 2.45) is 0 Å². The van der Waals surface area contributed by atoms with E-state index in [-0.39, 0.29) is 29.7 Å². The Morgan fingerprint density at radius 2 is 2.03 bits per heavy atom. The van der Waals surface area contributed by atoms with Crippen LogP contribution in [0.4, 0.5) is 18.9 Å². The standard InChI is InChI=1S/C20H18ClF3N4O3/c1-12-3-2-4-15(7-12)31-11-14(29)9-25-16-10-27-28(19(30)18(16)21)17-6-5-13(8-26-17)20(22,23)24/h2-8,10,14,25,29H,9,11H2,1H3. The summed E-state index contributed by atoms with van der Waals surface area (Å²) < 4.78 is 44.3. The quantitative estimate of drug-likeness (QED) is 0.568. The first-order valence-electron chi connectivity index (χ1n) is 9.08. The Morgan fingerprint density at radius 1 is 1.26 bits per heavy atom. The number of alkyl halides is 3. The van der Waals surface area contributed by atoms with Gasteiger partial charge in [0.15, 0.2) is 5.82 Å². The lowest BCUT2D eigenvalue weighted by atomic mass is 10.2. The van der Waals surface area contributed by atoms with Crippen LogP contribution in [0.25, 0.3) is 5.82 Å². The molecule has 7 nitrogen and oxygen atoms in total. The number of aliphatic hydroxyl groups excluding tert-OH is 1. The fourth-order valence-electron chi connectivity index (χ4n) is 2.58. The zero-order valence-electron chi connectivity index (χ0n) is 16.2. The van der Waals surface area contributed by atoms with Crippen molar-refractivity contribution >= 4 is 17.3 Å². The van der Waals surface area contributed by atoms with E-state index in [0.29, 0.717) is 11.9 Å². The number of hydrogen-bond donors (Lipinski definition) is 2. The molecule has 0 radical (unpaired) electrons. The third-order valence-electron chi connectivity index (χ3n) is 4.17. The molecule has 2 N–H and O–H groups in total. The summed E-state index contributed by atoms with van der Waals surface area (Å²) in [4.78, 5) is 16.1. The van der Waals surface area contributed by atoms with Gasteiger partial charge in [0, 0.05) is 12.7 Å². The van der Waals surface area contributed by atoms with Gasteiger partial charge in [0.2, 0.25) is 0 Å². The van der Waals surface area contributed by atoms with E-state index >= 15 is 0 Å². The van der Waals surface area contributed by atoms with Gasteiger partial charge in [-0.05, 0) is 36.8 Å². The van der Waals surface area contributed by atoms with Crippen LogP contribution in [0.15, 0.2) is 53.6 Å². The molecule has 2 heterocycles. The maximum atomic E-state index is 12.7. The van der Waals surface area contributed by atoms with Gasteiger partial charge in [-0.1, -0.05) is 23.7 Å². The molecule has 1 aromatic carbocycles. The van der Waals surface area contributed by atoms with Gasteiger partial charge in [0.05, 0.1) is 17.4 Å². The monoisotopic (exact) mass is 454 g/mol. The average molecular weight is 455 g/mol. The van der Waals surface area contributed by atoms with Crippen LogP contribution < -0.4 is 15.6 Å². The predicted molar refractivity (Wildman–Crippen MR) is 109 cm³/mol. The Labute approximate surface area is 180 Å². The first kappa shape index (κ1) is 22.6. The predicted octanol–water partition coefficient (Wildman–Crippen LogP) is 3.46. The highest BCUT2D eigenvalue weighted by atomic mass is 35.5. The first-order valence-corrected chi connectivity index (χ1v) is 9.46. The maximum absolute atomic E-state index is 12.7. The molecular formula is C20H18ClF3N4O3. The molecule has 0 aliphatic rings. The van der Waals surface area contributed by atoms with Gasteiger partial charge in [0.25, 0.3) is 5.56 Å². The second-order valence-corrected chi connectivity index (χ2v) is 7.03. The topological polar surface area (TPSA) is 89.3 Å². The SMILES string of the molecule is Cc1cccc(OCC(O)CNc2cnn(-c3ccc(C(F)(F)F)cn3)c(=O)c2Cl)c1. The van der Waals surface area contributed by atoms with E-state index in [1.807, 2.05) is 25.1 Å². The number of aliphatic hydroxyl groups is 1. The van der Waals surface area contributed by atoms with E-state index in [4.69, 9.17) is 16.3 Å². The van der Waals surface area contributed by atoms with Crippen LogP contribution in [-0.2, 0) is 6.18 Å². The third kappa shape index (κ3) is 5.74. The van der Waals surface area contributed by atoms with Crippen LogP contribution in [0.2, 0.25) is 5.02 Å². The fourth-order valence-corrected chi connectivity index (χ4v) is 2.78. The summed E-state index contributed by atoms with van der Waals surface area (Å²) in [7, 11) is 0. The van der Waals surface area contributed by atoms with Crippen molar-refractivity contribution in [2.75, 3.05) is 18.5 Å². The van der Waals surface area contributed by atoms with Crippen molar-refractivity contribution in [2.45, 2.75) is 19.2 Å².